The van der Waals surface area contributed by atoms with Gasteiger partial charge in [0.2, 0.25) is 0 Å². The Labute approximate surface area is 99.7 Å². The number of benzene rings is 1. The zero-order chi connectivity index (χ0) is 12.8. The van der Waals surface area contributed by atoms with Crippen molar-refractivity contribution in [3.8, 4) is 11.5 Å². The van der Waals surface area contributed by atoms with Gasteiger partial charge < -0.3 is 14.8 Å². The third-order valence-corrected chi connectivity index (χ3v) is 2.51. The third-order valence-electron chi connectivity index (χ3n) is 2.51. The van der Waals surface area contributed by atoms with Crippen LogP contribution in [-0.4, -0.2) is 27.8 Å². The summed E-state index contributed by atoms with van der Waals surface area (Å²) < 4.78 is 35.7. The molecular formula is C12H17F2NO2. The highest BCUT2D eigenvalue weighted by molar-refractivity contribution is 5.47. The van der Waals surface area contributed by atoms with E-state index in [1.165, 1.54) is 26.4 Å². The van der Waals surface area contributed by atoms with Crippen molar-refractivity contribution >= 4 is 0 Å². The van der Waals surface area contributed by atoms with E-state index in [9.17, 15) is 8.78 Å². The van der Waals surface area contributed by atoms with Gasteiger partial charge in [-0.05, 0) is 31.6 Å². The number of likely N-dealkylation sites (N-methyl/N-ethyl adjacent to an activating group) is 1. The number of halogens is 2. The lowest BCUT2D eigenvalue weighted by Gasteiger charge is -2.14. The largest absolute Gasteiger partial charge is 0.496 e. The first-order valence-electron chi connectivity index (χ1n) is 5.31. The minimum absolute atomic E-state index is 0.0978. The fourth-order valence-corrected chi connectivity index (χ4v) is 1.62. The molecule has 0 aliphatic heterocycles. The van der Waals surface area contributed by atoms with Gasteiger partial charge in [-0.2, -0.15) is 0 Å². The Morgan fingerprint density at radius 3 is 2.29 bits per heavy atom. The molecule has 17 heavy (non-hydrogen) atoms. The van der Waals surface area contributed by atoms with E-state index in [-0.39, 0.29) is 11.3 Å². The minimum Gasteiger partial charge on any atom is -0.496 e. The minimum atomic E-state index is -2.55. The molecule has 0 amide bonds. The van der Waals surface area contributed by atoms with E-state index in [0.29, 0.717) is 18.7 Å². The normalized spacial score (nSPS) is 10.7. The van der Waals surface area contributed by atoms with E-state index in [2.05, 4.69) is 5.32 Å². The van der Waals surface area contributed by atoms with Crippen molar-refractivity contribution in [2.45, 2.75) is 12.8 Å². The first-order chi connectivity index (χ1) is 8.13. The maximum atomic E-state index is 12.8. The van der Waals surface area contributed by atoms with Crippen molar-refractivity contribution in [3.63, 3.8) is 0 Å². The second-order valence-corrected chi connectivity index (χ2v) is 3.56. The van der Waals surface area contributed by atoms with Gasteiger partial charge in [-0.15, -0.1) is 0 Å². The molecule has 1 N–H and O–H groups in total. The van der Waals surface area contributed by atoms with E-state index in [1.807, 2.05) is 7.05 Å². The second-order valence-electron chi connectivity index (χ2n) is 3.56. The van der Waals surface area contributed by atoms with Gasteiger partial charge in [-0.25, -0.2) is 8.78 Å². The molecule has 0 saturated heterocycles. The Morgan fingerprint density at radius 1 is 1.18 bits per heavy atom. The van der Waals surface area contributed by atoms with Crippen LogP contribution in [0.3, 0.4) is 0 Å². The molecule has 0 aliphatic carbocycles. The summed E-state index contributed by atoms with van der Waals surface area (Å²) >= 11 is 0. The number of methoxy groups -OCH3 is 2. The molecule has 1 rings (SSSR count). The lowest BCUT2D eigenvalue weighted by atomic mass is 10.1. The van der Waals surface area contributed by atoms with E-state index in [4.69, 9.17) is 9.47 Å². The highest BCUT2D eigenvalue weighted by atomic mass is 19.3. The summed E-state index contributed by atoms with van der Waals surface area (Å²) in [5.74, 6) is 0.728. The van der Waals surface area contributed by atoms with Gasteiger partial charge in [0, 0.05) is 6.07 Å². The van der Waals surface area contributed by atoms with E-state index >= 15 is 0 Å². The topological polar surface area (TPSA) is 30.5 Å². The molecule has 1 aromatic rings. The Kier molecular flexibility index (Phi) is 5.15. The van der Waals surface area contributed by atoms with Crippen LogP contribution >= 0.6 is 0 Å². The lowest BCUT2D eigenvalue weighted by molar-refractivity contribution is 0.147. The molecule has 96 valence electrons. The molecule has 0 aromatic heterocycles. The molecule has 0 fully saturated rings. The van der Waals surface area contributed by atoms with E-state index in [1.54, 1.807) is 0 Å². The first kappa shape index (κ1) is 13.7. The molecular weight excluding hydrogens is 228 g/mol. The highest BCUT2D eigenvalue weighted by Gasteiger charge is 2.17. The van der Waals surface area contributed by atoms with E-state index < -0.39 is 6.43 Å². The number of rotatable bonds is 6. The molecule has 0 unspecified atom stereocenters. The molecule has 3 nitrogen and oxygen atoms in total. The summed E-state index contributed by atoms with van der Waals surface area (Å²) in [7, 11) is 4.69. The van der Waals surface area contributed by atoms with Crippen molar-refractivity contribution in [1.29, 1.82) is 0 Å². The Morgan fingerprint density at radius 2 is 1.82 bits per heavy atom. The Balaban J connectivity index is 3.14. The maximum absolute atomic E-state index is 12.8. The van der Waals surface area contributed by atoms with Gasteiger partial charge >= 0.3 is 0 Å². The van der Waals surface area contributed by atoms with Crippen LogP contribution in [0.4, 0.5) is 8.78 Å². The van der Waals surface area contributed by atoms with Gasteiger partial charge in [0.15, 0.2) is 0 Å². The Bertz CT molecular complexity index is 370. The fourth-order valence-electron chi connectivity index (χ4n) is 1.62. The smallest absolute Gasteiger partial charge is 0.267 e. The molecule has 0 spiro atoms. The molecule has 5 heteroatoms. The molecule has 0 bridgehead atoms. The van der Waals surface area contributed by atoms with Crippen LogP contribution in [-0.2, 0) is 6.42 Å². The number of hydrogen-bond donors (Lipinski definition) is 1. The summed E-state index contributed by atoms with van der Waals surface area (Å²) in [4.78, 5) is 0. The van der Waals surface area contributed by atoms with Crippen LogP contribution in [0.5, 0.6) is 11.5 Å². The van der Waals surface area contributed by atoms with Crippen LogP contribution in [0.2, 0.25) is 0 Å². The van der Waals surface area contributed by atoms with Crippen molar-refractivity contribution in [1.82, 2.24) is 5.32 Å². The summed E-state index contributed by atoms with van der Waals surface area (Å²) in [6.45, 7) is 0.700. The molecule has 0 radical (unpaired) electrons. The third kappa shape index (κ3) is 3.30. The molecule has 0 saturated carbocycles. The Hall–Kier alpha value is -1.36. The number of ether oxygens (including phenoxy) is 2. The van der Waals surface area contributed by atoms with Crippen LogP contribution in [0, 0.1) is 0 Å². The van der Waals surface area contributed by atoms with Gasteiger partial charge in [-0.1, -0.05) is 0 Å². The first-order valence-corrected chi connectivity index (χ1v) is 5.31. The SMILES string of the molecule is CNCCc1cc(C(F)F)c(OC)cc1OC. The average molecular weight is 245 g/mol. The molecule has 0 heterocycles. The number of nitrogens with one attached hydrogen (secondary N) is 1. The maximum Gasteiger partial charge on any atom is 0.267 e. The van der Waals surface area contributed by atoms with Crippen LogP contribution in [0.15, 0.2) is 12.1 Å². The quantitative estimate of drug-likeness (QED) is 0.834. The lowest BCUT2D eigenvalue weighted by Crippen LogP contribution is -2.11. The summed E-state index contributed by atoms with van der Waals surface area (Å²) in [5, 5.41) is 2.97. The van der Waals surface area contributed by atoms with Crippen molar-refractivity contribution in [2.24, 2.45) is 0 Å². The predicted octanol–water partition coefficient (Wildman–Crippen LogP) is 2.40. The molecule has 0 aliphatic rings. The van der Waals surface area contributed by atoms with Crippen LogP contribution in [0.1, 0.15) is 17.6 Å². The van der Waals surface area contributed by atoms with Crippen LogP contribution < -0.4 is 14.8 Å². The van der Waals surface area contributed by atoms with Gasteiger partial charge in [0.25, 0.3) is 6.43 Å². The summed E-state index contributed by atoms with van der Waals surface area (Å²) in [6.07, 6.45) is -1.92. The zero-order valence-electron chi connectivity index (χ0n) is 10.2. The second kappa shape index (κ2) is 6.39. The van der Waals surface area contributed by atoms with Gasteiger partial charge in [0.1, 0.15) is 11.5 Å². The van der Waals surface area contributed by atoms with Gasteiger partial charge in [0.05, 0.1) is 19.8 Å². The fraction of sp³-hybridized carbons (Fsp3) is 0.500. The standard InChI is InChI=1S/C12H17F2NO2/c1-15-5-4-8-6-9(12(13)14)11(17-3)7-10(8)16-2/h6-7,12,15H,4-5H2,1-3H3. The van der Waals surface area contributed by atoms with Gasteiger partial charge in [-0.3, -0.25) is 0 Å². The average Bonchev–Trinajstić information content (AvgIpc) is 2.34. The summed E-state index contributed by atoms with van der Waals surface area (Å²) in [5.41, 5.74) is 0.650. The predicted molar refractivity (Wildman–Crippen MR) is 62.1 cm³/mol. The van der Waals surface area contributed by atoms with Crippen LogP contribution in [0.25, 0.3) is 0 Å². The van der Waals surface area contributed by atoms with Crippen molar-refractivity contribution in [2.75, 3.05) is 27.8 Å². The highest BCUT2D eigenvalue weighted by Crippen LogP contribution is 2.35. The molecule has 0 atom stereocenters. The number of hydrogen-bond acceptors (Lipinski definition) is 3. The number of alkyl halides is 2. The van der Waals surface area contributed by atoms with Crippen molar-refractivity contribution < 1.29 is 18.3 Å². The van der Waals surface area contributed by atoms with E-state index in [0.717, 1.165) is 5.56 Å². The zero-order valence-corrected chi connectivity index (χ0v) is 10.2. The molecule has 1 aromatic carbocycles. The van der Waals surface area contributed by atoms with Crippen molar-refractivity contribution in [3.05, 3.63) is 23.3 Å². The monoisotopic (exact) mass is 245 g/mol. The summed E-state index contributed by atoms with van der Waals surface area (Å²) in [6, 6.07) is 2.95.